The van der Waals surface area contributed by atoms with Gasteiger partial charge in [0.05, 0.1) is 0 Å². The van der Waals surface area contributed by atoms with Crippen LogP contribution in [0.3, 0.4) is 0 Å². The number of oxazole rings is 2. The molecule has 33 heavy (non-hydrogen) atoms. The lowest BCUT2D eigenvalue weighted by Gasteiger charge is -2.10. The second-order valence-electron chi connectivity index (χ2n) is 7.84. The number of nitrogens with zero attached hydrogens (tertiary/aromatic N) is 2. The van der Waals surface area contributed by atoms with E-state index in [0.717, 1.165) is 54.2 Å². The number of para-hydroxylation sites is 4. The first-order chi connectivity index (χ1) is 16.1. The van der Waals surface area contributed by atoms with Crippen LogP contribution in [0.5, 0.6) is 0 Å². The Labute approximate surface area is 201 Å². The molecule has 0 aliphatic rings. The van der Waals surface area contributed by atoms with Crippen LogP contribution in [0.4, 0.5) is 0 Å². The number of rotatable bonds is 4. The number of aromatic nitrogens is 2. The standard InChI is InChI=1S/C27H18N2O2S2/c32-24-14-18(26-28-20-5-1-3-7-22(20)30-26)11-9-16(24)13-17-10-12-19(15-25(17)33)27-29-21-6-2-4-8-23(21)31-27/h1-12,14-15,32-33H,13H2. The number of fused-ring (bicyclic) bond motifs is 2. The van der Waals surface area contributed by atoms with E-state index in [9.17, 15) is 0 Å². The summed E-state index contributed by atoms with van der Waals surface area (Å²) < 4.78 is 11.8. The topological polar surface area (TPSA) is 52.1 Å². The Hall–Kier alpha value is -3.48. The minimum Gasteiger partial charge on any atom is -0.436 e. The van der Waals surface area contributed by atoms with Crippen molar-refractivity contribution in [2.75, 3.05) is 0 Å². The van der Waals surface area contributed by atoms with Crippen molar-refractivity contribution < 1.29 is 8.83 Å². The lowest BCUT2D eigenvalue weighted by molar-refractivity contribution is 0.619. The summed E-state index contributed by atoms with van der Waals surface area (Å²) >= 11 is 9.46. The maximum Gasteiger partial charge on any atom is 0.227 e. The Kier molecular flexibility index (Phi) is 4.97. The Bertz CT molecular complexity index is 1450. The van der Waals surface area contributed by atoms with Gasteiger partial charge in [0, 0.05) is 20.9 Å². The van der Waals surface area contributed by atoms with Gasteiger partial charge in [-0.3, -0.25) is 0 Å². The van der Waals surface area contributed by atoms with Crippen molar-refractivity contribution in [1.82, 2.24) is 9.97 Å². The van der Waals surface area contributed by atoms with Gasteiger partial charge in [0.25, 0.3) is 0 Å². The maximum absolute atomic E-state index is 5.89. The van der Waals surface area contributed by atoms with Crippen LogP contribution in [-0.4, -0.2) is 9.97 Å². The molecule has 160 valence electrons. The summed E-state index contributed by atoms with van der Waals surface area (Å²) in [5.74, 6) is 1.19. The first-order valence-corrected chi connectivity index (χ1v) is 11.4. The highest BCUT2D eigenvalue weighted by Gasteiger charge is 2.13. The fourth-order valence-electron chi connectivity index (χ4n) is 3.89. The Balaban J connectivity index is 1.27. The number of hydrogen-bond acceptors (Lipinski definition) is 6. The molecule has 2 aromatic heterocycles. The van der Waals surface area contributed by atoms with Gasteiger partial charge in [0.1, 0.15) is 11.0 Å². The zero-order valence-electron chi connectivity index (χ0n) is 17.4. The zero-order valence-corrected chi connectivity index (χ0v) is 19.2. The van der Waals surface area contributed by atoms with Crippen molar-refractivity contribution in [2.45, 2.75) is 16.2 Å². The smallest absolute Gasteiger partial charge is 0.227 e. The second-order valence-corrected chi connectivity index (χ2v) is 8.80. The molecule has 0 atom stereocenters. The Morgan fingerprint density at radius 3 is 1.45 bits per heavy atom. The highest BCUT2D eigenvalue weighted by molar-refractivity contribution is 7.80. The monoisotopic (exact) mass is 466 g/mol. The van der Waals surface area contributed by atoms with E-state index in [0.29, 0.717) is 18.2 Å². The number of hydrogen-bond donors (Lipinski definition) is 2. The molecule has 0 aliphatic heterocycles. The van der Waals surface area contributed by atoms with Crippen molar-refractivity contribution in [3.8, 4) is 22.9 Å². The van der Waals surface area contributed by atoms with Gasteiger partial charge in [-0.1, -0.05) is 36.4 Å². The summed E-state index contributed by atoms with van der Waals surface area (Å²) in [6.07, 6.45) is 0.708. The molecule has 0 saturated heterocycles. The molecule has 6 heteroatoms. The van der Waals surface area contributed by atoms with E-state index in [1.165, 1.54) is 0 Å². The summed E-state index contributed by atoms with van der Waals surface area (Å²) in [6, 6.07) is 27.7. The summed E-state index contributed by atoms with van der Waals surface area (Å²) in [5, 5.41) is 0. The molecule has 4 nitrogen and oxygen atoms in total. The Morgan fingerprint density at radius 2 is 1.03 bits per heavy atom. The average molecular weight is 467 g/mol. The molecule has 0 radical (unpaired) electrons. The molecule has 6 aromatic rings. The molecule has 0 N–H and O–H groups in total. The van der Waals surface area contributed by atoms with Gasteiger partial charge in [-0.05, 0) is 66.1 Å². The van der Waals surface area contributed by atoms with E-state index in [2.05, 4.69) is 22.1 Å². The van der Waals surface area contributed by atoms with Crippen LogP contribution >= 0.6 is 25.3 Å². The molecular formula is C27H18N2O2S2. The fourth-order valence-corrected chi connectivity index (χ4v) is 4.47. The third kappa shape index (κ3) is 3.81. The van der Waals surface area contributed by atoms with Crippen LogP contribution in [0, 0.1) is 0 Å². The Morgan fingerprint density at radius 1 is 0.576 bits per heavy atom. The SMILES string of the molecule is Sc1cc(-c2nc3ccccc3o2)ccc1Cc1ccc(-c2nc3ccccc3o2)cc1S. The van der Waals surface area contributed by atoms with E-state index in [4.69, 9.17) is 34.1 Å². The summed E-state index contributed by atoms with van der Waals surface area (Å²) in [4.78, 5) is 10.9. The van der Waals surface area contributed by atoms with Crippen molar-refractivity contribution in [2.24, 2.45) is 0 Å². The van der Waals surface area contributed by atoms with Gasteiger partial charge in [0.15, 0.2) is 11.2 Å². The third-order valence-electron chi connectivity index (χ3n) is 5.63. The van der Waals surface area contributed by atoms with Crippen LogP contribution in [0.25, 0.3) is 45.1 Å². The molecule has 0 unspecified atom stereocenters. The molecule has 6 rings (SSSR count). The van der Waals surface area contributed by atoms with E-state index >= 15 is 0 Å². The van der Waals surface area contributed by atoms with Gasteiger partial charge in [-0.25, -0.2) is 9.97 Å². The maximum atomic E-state index is 5.89. The van der Waals surface area contributed by atoms with Gasteiger partial charge in [-0.2, -0.15) is 0 Å². The van der Waals surface area contributed by atoms with Gasteiger partial charge < -0.3 is 8.83 Å². The van der Waals surface area contributed by atoms with E-state index < -0.39 is 0 Å². The van der Waals surface area contributed by atoms with Crippen LogP contribution in [0.15, 0.2) is 104 Å². The van der Waals surface area contributed by atoms with Gasteiger partial charge in [-0.15, -0.1) is 25.3 Å². The average Bonchev–Trinajstić information content (AvgIpc) is 3.46. The zero-order chi connectivity index (χ0) is 22.4. The van der Waals surface area contributed by atoms with E-state index in [1.807, 2.05) is 72.8 Å². The van der Waals surface area contributed by atoms with Crippen molar-refractivity contribution in [1.29, 1.82) is 0 Å². The van der Waals surface area contributed by atoms with Crippen molar-refractivity contribution in [3.63, 3.8) is 0 Å². The van der Waals surface area contributed by atoms with Crippen molar-refractivity contribution >= 4 is 47.5 Å². The third-order valence-corrected chi connectivity index (χ3v) is 6.47. The largest absolute Gasteiger partial charge is 0.436 e. The van der Waals surface area contributed by atoms with Gasteiger partial charge >= 0.3 is 0 Å². The molecule has 0 fully saturated rings. The highest BCUT2D eigenvalue weighted by atomic mass is 32.1. The van der Waals surface area contributed by atoms with E-state index in [1.54, 1.807) is 0 Å². The molecular weight excluding hydrogens is 448 g/mol. The first kappa shape index (κ1) is 20.1. The fraction of sp³-hybridized carbons (Fsp3) is 0.0370. The van der Waals surface area contributed by atoms with Crippen LogP contribution < -0.4 is 0 Å². The predicted molar refractivity (Wildman–Crippen MR) is 136 cm³/mol. The molecule has 0 bridgehead atoms. The first-order valence-electron chi connectivity index (χ1n) is 10.5. The molecule has 0 amide bonds. The van der Waals surface area contributed by atoms with Crippen LogP contribution in [-0.2, 0) is 6.42 Å². The number of thiol groups is 2. The van der Waals surface area contributed by atoms with Crippen molar-refractivity contribution in [3.05, 3.63) is 96.1 Å². The van der Waals surface area contributed by atoms with Crippen LogP contribution in [0.1, 0.15) is 11.1 Å². The summed E-state index contributed by atoms with van der Waals surface area (Å²) in [6.45, 7) is 0. The number of benzene rings is 4. The normalized spacial score (nSPS) is 11.5. The molecule has 2 heterocycles. The van der Waals surface area contributed by atoms with Gasteiger partial charge in [0.2, 0.25) is 11.8 Å². The lowest BCUT2D eigenvalue weighted by atomic mass is 10.0. The molecule has 4 aromatic carbocycles. The highest BCUT2D eigenvalue weighted by Crippen LogP contribution is 2.31. The second kappa shape index (κ2) is 8.14. The lowest BCUT2D eigenvalue weighted by Crippen LogP contribution is -1.93. The molecule has 0 spiro atoms. The minimum absolute atomic E-state index is 0.593. The quantitative estimate of drug-likeness (QED) is 0.265. The van der Waals surface area contributed by atoms with Crippen LogP contribution in [0.2, 0.25) is 0 Å². The minimum atomic E-state index is 0.593. The summed E-state index contributed by atoms with van der Waals surface area (Å²) in [5.41, 5.74) is 7.24. The van der Waals surface area contributed by atoms with E-state index in [-0.39, 0.29) is 0 Å². The predicted octanol–water partition coefficient (Wildman–Crippen LogP) is 7.47. The molecule has 0 aliphatic carbocycles. The molecule has 0 saturated carbocycles. The summed E-state index contributed by atoms with van der Waals surface area (Å²) in [7, 11) is 0.